The number of carbonyl (C=O) groups is 2. The largest absolute Gasteiger partial charge is 0.493 e. The first kappa shape index (κ1) is 25.7. The Morgan fingerprint density at radius 2 is 1.78 bits per heavy atom. The van der Waals surface area contributed by atoms with Gasteiger partial charge in [0, 0.05) is 49.0 Å². The smallest absolute Gasteiger partial charge is 0.255 e. The standard InChI is InChI=1S/C31H30N2O4/c1-7-36-26-17-27-24(28(30(35)32-5)29(37-27)20-13-11-19(2)12-14-20)16-23(26)21-9-8-10-22(15-21)25(34)18-31(3,4)33-6/h8-17H,7,18H2,1-5H3,(H,32,35). The Balaban J connectivity index is 1.90. The van der Waals surface area contributed by atoms with E-state index in [2.05, 4.69) is 10.2 Å². The van der Waals surface area contributed by atoms with E-state index < -0.39 is 5.54 Å². The molecule has 6 heteroatoms. The molecule has 6 nitrogen and oxygen atoms in total. The van der Waals surface area contributed by atoms with Crippen molar-refractivity contribution in [2.75, 3.05) is 13.7 Å². The molecule has 0 aliphatic rings. The molecule has 0 bridgehead atoms. The Hall–Kier alpha value is -4.37. The van der Waals surface area contributed by atoms with Crippen molar-refractivity contribution in [3.63, 3.8) is 0 Å². The van der Waals surface area contributed by atoms with Crippen LogP contribution in [0.25, 0.3) is 38.3 Å². The lowest BCUT2D eigenvalue weighted by Crippen LogP contribution is -2.19. The molecule has 0 aliphatic carbocycles. The molecule has 1 amide bonds. The van der Waals surface area contributed by atoms with Crippen molar-refractivity contribution < 1.29 is 18.7 Å². The van der Waals surface area contributed by atoms with E-state index in [1.165, 1.54) is 0 Å². The van der Waals surface area contributed by atoms with Crippen LogP contribution in [0.2, 0.25) is 0 Å². The average molecular weight is 495 g/mol. The van der Waals surface area contributed by atoms with E-state index in [1.807, 2.05) is 62.4 Å². The predicted molar refractivity (Wildman–Crippen MR) is 146 cm³/mol. The number of hydrogen-bond acceptors (Lipinski definition) is 4. The summed E-state index contributed by atoms with van der Waals surface area (Å²) in [5, 5.41) is 3.38. The fraction of sp³-hybridized carbons (Fsp3) is 0.258. The number of benzene rings is 3. The number of amides is 1. The van der Waals surface area contributed by atoms with Crippen LogP contribution in [0.4, 0.5) is 0 Å². The number of aryl methyl sites for hydroxylation is 1. The lowest BCUT2D eigenvalue weighted by atomic mass is 9.92. The molecular weight excluding hydrogens is 464 g/mol. The van der Waals surface area contributed by atoms with Crippen LogP contribution in [0.1, 0.15) is 53.5 Å². The van der Waals surface area contributed by atoms with Gasteiger partial charge in [-0.1, -0.05) is 48.0 Å². The number of furan rings is 1. The van der Waals surface area contributed by atoms with Gasteiger partial charge in [0.15, 0.2) is 5.78 Å². The molecule has 188 valence electrons. The normalized spacial score (nSPS) is 11.2. The van der Waals surface area contributed by atoms with Crippen molar-refractivity contribution in [1.82, 2.24) is 5.32 Å². The Bertz CT molecular complexity index is 1520. The van der Waals surface area contributed by atoms with Gasteiger partial charge in [-0.3, -0.25) is 9.59 Å². The summed E-state index contributed by atoms with van der Waals surface area (Å²) in [5.74, 6) is 0.723. The zero-order chi connectivity index (χ0) is 26.7. The minimum absolute atomic E-state index is 0.0992. The molecule has 4 aromatic rings. The van der Waals surface area contributed by atoms with Crippen LogP contribution in [0, 0.1) is 13.5 Å². The molecule has 1 N–H and O–H groups in total. The Kier molecular flexibility index (Phi) is 7.17. The van der Waals surface area contributed by atoms with Crippen LogP contribution < -0.4 is 10.1 Å². The van der Waals surface area contributed by atoms with E-state index in [0.29, 0.717) is 40.2 Å². The monoisotopic (exact) mass is 494 g/mol. The van der Waals surface area contributed by atoms with Crippen molar-refractivity contribution in [1.29, 1.82) is 0 Å². The zero-order valence-corrected chi connectivity index (χ0v) is 21.8. The van der Waals surface area contributed by atoms with Gasteiger partial charge in [0.1, 0.15) is 17.1 Å². The quantitative estimate of drug-likeness (QED) is 0.209. The fourth-order valence-electron chi connectivity index (χ4n) is 4.28. The SMILES string of the molecule is [C-]#[N+]C(C)(C)CC(=O)c1cccc(-c2cc3c(C(=O)NC)c(-c4ccc(C)cc4)oc3cc2OCC)c1. The highest BCUT2D eigenvalue weighted by Gasteiger charge is 2.28. The molecule has 4 rings (SSSR count). The molecule has 0 aliphatic heterocycles. The second-order valence-corrected chi connectivity index (χ2v) is 9.63. The predicted octanol–water partition coefficient (Wildman–Crippen LogP) is 7.10. The van der Waals surface area contributed by atoms with Crippen LogP contribution in [-0.4, -0.2) is 30.9 Å². The summed E-state index contributed by atoms with van der Waals surface area (Å²) < 4.78 is 12.2. The number of ether oxygens (including phenoxy) is 1. The van der Waals surface area contributed by atoms with Gasteiger partial charge in [-0.25, -0.2) is 6.57 Å². The van der Waals surface area contributed by atoms with Crippen LogP contribution in [0.15, 0.2) is 65.1 Å². The maximum absolute atomic E-state index is 13.0. The number of carbonyl (C=O) groups excluding carboxylic acids is 2. The fourth-order valence-corrected chi connectivity index (χ4v) is 4.28. The first-order chi connectivity index (χ1) is 17.7. The zero-order valence-electron chi connectivity index (χ0n) is 21.8. The summed E-state index contributed by atoms with van der Waals surface area (Å²) in [6, 6.07) is 18.8. The second-order valence-electron chi connectivity index (χ2n) is 9.63. The Morgan fingerprint density at radius 3 is 2.43 bits per heavy atom. The molecule has 1 aromatic heterocycles. The third-order valence-corrected chi connectivity index (χ3v) is 6.25. The van der Waals surface area contributed by atoms with E-state index in [-0.39, 0.29) is 18.1 Å². The first-order valence-corrected chi connectivity index (χ1v) is 12.2. The Labute approximate surface area is 217 Å². The van der Waals surface area contributed by atoms with Crippen molar-refractivity contribution in [3.05, 3.63) is 88.8 Å². The van der Waals surface area contributed by atoms with E-state index in [9.17, 15) is 9.59 Å². The number of rotatable bonds is 8. The highest BCUT2D eigenvalue weighted by atomic mass is 16.5. The summed E-state index contributed by atoms with van der Waals surface area (Å²) in [6.45, 7) is 15.2. The molecule has 3 aromatic carbocycles. The number of hydrogen-bond donors (Lipinski definition) is 1. The van der Waals surface area contributed by atoms with Gasteiger partial charge < -0.3 is 19.3 Å². The summed E-state index contributed by atoms with van der Waals surface area (Å²) >= 11 is 0. The highest BCUT2D eigenvalue weighted by Crippen LogP contribution is 2.41. The van der Waals surface area contributed by atoms with Crippen LogP contribution >= 0.6 is 0 Å². The molecule has 0 radical (unpaired) electrons. The Morgan fingerprint density at radius 1 is 1.05 bits per heavy atom. The maximum atomic E-state index is 13.0. The number of nitrogens with zero attached hydrogens (tertiary/aromatic N) is 1. The number of Topliss-reactive ketones (excluding diaryl/α,β-unsaturated/α-hetero) is 1. The first-order valence-electron chi connectivity index (χ1n) is 12.2. The van der Waals surface area contributed by atoms with Crippen LogP contribution in [0.3, 0.4) is 0 Å². The van der Waals surface area contributed by atoms with Crippen molar-refractivity contribution in [2.24, 2.45) is 0 Å². The molecule has 0 unspecified atom stereocenters. The number of nitrogens with one attached hydrogen (secondary N) is 1. The topological polar surface area (TPSA) is 72.9 Å². The minimum atomic E-state index is -0.770. The van der Waals surface area contributed by atoms with E-state index in [1.54, 1.807) is 33.0 Å². The van der Waals surface area contributed by atoms with Gasteiger partial charge in [-0.05, 0) is 31.5 Å². The summed E-state index contributed by atoms with van der Waals surface area (Å²) in [4.78, 5) is 29.6. The van der Waals surface area contributed by atoms with E-state index >= 15 is 0 Å². The second kappa shape index (κ2) is 10.3. The molecule has 0 saturated carbocycles. The number of fused-ring (bicyclic) bond motifs is 1. The van der Waals surface area contributed by atoms with Gasteiger partial charge in [0.05, 0.1) is 18.6 Å². The van der Waals surface area contributed by atoms with E-state index in [0.717, 1.165) is 22.3 Å². The average Bonchev–Trinajstić information content (AvgIpc) is 3.26. The summed E-state index contributed by atoms with van der Waals surface area (Å²) in [5.41, 5.74) is 4.16. The van der Waals surface area contributed by atoms with Crippen LogP contribution in [-0.2, 0) is 0 Å². The van der Waals surface area contributed by atoms with Gasteiger partial charge in [0.2, 0.25) is 5.54 Å². The van der Waals surface area contributed by atoms with Crippen molar-refractivity contribution in [3.8, 4) is 28.2 Å². The minimum Gasteiger partial charge on any atom is -0.493 e. The third-order valence-electron chi connectivity index (χ3n) is 6.25. The van der Waals surface area contributed by atoms with Crippen LogP contribution in [0.5, 0.6) is 5.75 Å². The molecule has 1 heterocycles. The van der Waals surface area contributed by atoms with Gasteiger partial charge in [-0.2, -0.15) is 0 Å². The lowest BCUT2D eigenvalue weighted by molar-refractivity contribution is 0.0957. The van der Waals surface area contributed by atoms with Gasteiger partial charge >= 0.3 is 0 Å². The molecule has 0 saturated heterocycles. The lowest BCUT2D eigenvalue weighted by Gasteiger charge is -2.13. The summed E-state index contributed by atoms with van der Waals surface area (Å²) in [6.07, 6.45) is 0.125. The maximum Gasteiger partial charge on any atom is 0.255 e. The molecular formula is C31H30N2O4. The van der Waals surface area contributed by atoms with Crippen molar-refractivity contribution in [2.45, 2.75) is 39.7 Å². The van der Waals surface area contributed by atoms with E-state index in [4.69, 9.17) is 15.7 Å². The third kappa shape index (κ3) is 5.26. The highest BCUT2D eigenvalue weighted by molar-refractivity contribution is 6.12. The summed E-state index contributed by atoms with van der Waals surface area (Å²) in [7, 11) is 1.59. The van der Waals surface area contributed by atoms with Crippen molar-refractivity contribution >= 4 is 22.7 Å². The van der Waals surface area contributed by atoms with Gasteiger partial charge in [0.25, 0.3) is 5.91 Å². The van der Waals surface area contributed by atoms with Gasteiger partial charge in [-0.15, -0.1) is 0 Å². The molecule has 0 spiro atoms. The number of ketones is 1. The molecule has 0 fully saturated rings. The molecule has 0 atom stereocenters. The molecule has 37 heavy (non-hydrogen) atoms.